The molecule has 1 N–H and O–H groups in total. The molecule has 0 radical (unpaired) electrons. The third-order valence-electron chi connectivity index (χ3n) is 3.83. The summed E-state index contributed by atoms with van der Waals surface area (Å²) in [5, 5.41) is 9.75. The van der Waals surface area contributed by atoms with Crippen molar-refractivity contribution in [1.29, 1.82) is 0 Å². The summed E-state index contributed by atoms with van der Waals surface area (Å²) in [7, 11) is 0. The number of halogens is 1. The maximum absolute atomic E-state index is 8.94. The van der Waals surface area contributed by atoms with E-state index in [4.69, 9.17) is 16.7 Å². The smallest absolute Gasteiger partial charge is 0.0558 e. The predicted octanol–water partition coefficient (Wildman–Crippen LogP) is 2.05. The Balaban J connectivity index is 1.82. The molecule has 19 heavy (non-hydrogen) atoms. The fourth-order valence-corrected chi connectivity index (χ4v) is 2.84. The van der Waals surface area contributed by atoms with Crippen LogP contribution in [0.25, 0.3) is 0 Å². The fraction of sp³-hybridized carbons (Fsp3) is 0.600. The Morgan fingerprint density at radius 2 is 1.89 bits per heavy atom. The second-order valence-corrected chi connectivity index (χ2v) is 5.76. The topological polar surface area (TPSA) is 26.7 Å². The van der Waals surface area contributed by atoms with Gasteiger partial charge in [-0.1, -0.05) is 30.7 Å². The molecule has 1 aliphatic rings. The lowest BCUT2D eigenvalue weighted by Gasteiger charge is -2.35. The van der Waals surface area contributed by atoms with Crippen LogP contribution in [0.2, 0.25) is 5.02 Å². The Kier molecular flexibility index (Phi) is 5.64. The Hall–Kier alpha value is -0.610. The van der Waals surface area contributed by atoms with E-state index in [-0.39, 0.29) is 6.61 Å². The van der Waals surface area contributed by atoms with Crippen LogP contribution in [-0.4, -0.2) is 60.8 Å². The van der Waals surface area contributed by atoms with Crippen molar-refractivity contribution in [2.24, 2.45) is 0 Å². The first kappa shape index (κ1) is 14.8. The SMILES string of the molecule is CC(CN1CCN(CCO)CC1)c1cccc(Cl)c1. The number of aliphatic hydroxyl groups excluding tert-OH is 1. The van der Waals surface area contributed by atoms with Crippen LogP contribution in [-0.2, 0) is 0 Å². The number of aliphatic hydroxyl groups is 1. The van der Waals surface area contributed by atoms with Gasteiger partial charge in [0, 0.05) is 44.3 Å². The standard InChI is InChI=1S/C15H23ClN2O/c1-13(14-3-2-4-15(16)11-14)12-18-7-5-17(6-8-18)9-10-19/h2-4,11,13,19H,5-10,12H2,1H3. The minimum absolute atomic E-state index is 0.263. The molecule has 3 nitrogen and oxygen atoms in total. The number of piperazine rings is 1. The molecule has 1 aliphatic heterocycles. The van der Waals surface area contributed by atoms with Crippen molar-refractivity contribution in [2.75, 3.05) is 45.9 Å². The summed E-state index contributed by atoms with van der Waals surface area (Å²) in [6, 6.07) is 8.16. The van der Waals surface area contributed by atoms with Crippen molar-refractivity contribution < 1.29 is 5.11 Å². The molecule has 1 unspecified atom stereocenters. The second-order valence-electron chi connectivity index (χ2n) is 5.32. The summed E-state index contributed by atoms with van der Waals surface area (Å²) in [6.45, 7) is 8.69. The summed E-state index contributed by atoms with van der Waals surface area (Å²) < 4.78 is 0. The van der Waals surface area contributed by atoms with Crippen molar-refractivity contribution in [3.8, 4) is 0 Å². The average molecular weight is 283 g/mol. The molecule has 2 rings (SSSR count). The first-order chi connectivity index (χ1) is 9.19. The van der Waals surface area contributed by atoms with E-state index in [9.17, 15) is 0 Å². The molecule has 0 saturated carbocycles. The third kappa shape index (κ3) is 4.46. The molecule has 0 amide bonds. The molecule has 1 atom stereocenters. The average Bonchev–Trinajstić information content (AvgIpc) is 2.41. The van der Waals surface area contributed by atoms with E-state index in [1.807, 2.05) is 12.1 Å². The summed E-state index contributed by atoms with van der Waals surface area (Å²) in [4.78, 5) is 4.82. The van der Waals surface area contributed by atoms with Crippen LogP contribution in [0, 0.1) is 0 Å². The third-order valence-corrected chi connectivity index (χ3v) is 4.07. The van der Waals surface area contributed by atoms with E-state index in [2.05, 4.69) is 28.9 Å². The zero-order valence-corrected chi connectivity index (χ0v) is 12.3. The lowest BCUT2D eigenvalue weighted by molar-refractivity contribution is 0.109. The number of β-amino-alcohol motifs (C(OH)–C–C–N with tert-alkyl or cyclic N) is 1. The van der Waals surface area contributed by atoms with E-state index in [1.165, 1.54) is 5.56 Å². The predicted molar refractivity (Wildman–Crippen MR) is 79.8 cm³/mol. The molecule has 1 saturated heterocycles. The maximum Gasteiger partial charge on any atom is 0.0558 e. The van der Waals surface area contributed by atoms with Crippen LogP contribution in [0.5, 0.6) is 0 Å². The highest BCUT2D eigenvalue weighted by Crippen LogP contribution is 2.20. The number of rotatable bonds is 5. The normalized spacial score (nSPS) is 19.5. The van der Waals surface area contributed by atoms with Crippen LogP contribution in [0.4, 0.5) is 0 Å². The molecule has 4 heteroatoms. The molecule has 1 heterocycles. The van der Waals surface area contributed by atoms with E-state index in [0.717, 1.165) is 44.3 Å². The quantitative estimate of drug-likeness (QED) is 0.895. The van der Waals surface area contributed by atoms with Crippen LogP contribution in [0.3, 0.4) is 0 Å². The van der Waals surface area contributed by atoms with Gasteiger partial charge in [-0.05, 0) is 23.6 Å². The van der Waals surface area contributed by atoms with E-state index < -0.39 is 0 Å². The van der Waals surface area contributed by atoms with Crippen molar-refractivity contribution in [3.05, 3.63) is 34.9 Å². The Bertz CT molecular complexity index is 391. The number of hydrogen-bond acceptors (Lipinski definition) is 3. The minimum Gasteiger partial charge on any atom is -0.395 e. The number of benzene rings is 1. The highest BCUT2D eigenvalue weighted by atomic mass is 35.5. The van der Waals surface area contributed by atoms with Gasteiger partial charge in [0.15, 0.2) is 0 Å². The van der Waals surface area contributed by atoms with Gasteiger partial charge in [-0.25, -0.2) is 0 Å². The first-order valence-electron chi connectivity index (χ1n) is 7.00. The van der Waals surface area contributed by atoms with Gasteiger partial charge in [0.05, 0.1) is 6.61 Å². The van der Waals surface area contributed by atoms with Gasteiger partial charge in [-0.15, -0.1) is 0 Å². The first-order valence-corrected chi connectivity index (χ1v) is 7.38. The molecule has 1 aromatic carbocycles. The van der Waals surface area contributed by atoms with Gasteiger partial charge in [-0.3, -0.25) is 4.90 Å². The molecular formula is C15H23ClN2O. The van der Waals surface area contributed by atoms with Crippen molar-refractivity contribution in [2.45, 2.75) is 12.8 Å². The lowest BCUT2D eigenvalue weighted by Crippen LogP contribution is -2.47. The zero-order valence-electron chi connectivity index (χ0n) is 11.6. The molecule has 0 aliphatic carbocycles. The monoisotopic (exact) mass is 282 g/mol. The van der Waals surface area contributed by atoms with E-state index in [1.54, 1.807) is 0 Å². The summed E-state index contributed by atoms with van der Waals surface area (Å²) in [6.07, 6.45) is 0. The Morgan fingerprint density at radius 3 is 2.53 bits per heavy atom. The van der Waals surface area contributed by atoms with E-state index in [0.29, 0.717) is 5.92 Å². The highest BCUT2D eigenvalue weighted by molar-refractivity contribution is 6.30. The second kappa shape index (κ2) is 7.25. The van der Waals surface area contributed by atoms with Crippen LogP contribution in [0.1, 0.15) is 18.4 Å². The Labute approximate surface area is 120 Å². The summed E-state index contributed by atoms with van der Waals surface area (Å²) >= 11 is 6.04. The van der Waals surface area contributed by atoms with Gasteiger partial charge < -0.3 is 10.0 Å². The van der Waals surface area contributed by atoms with Crippen LogP contribution < -0.4 is 0 Å². The summed E-state index contributed by atoms with van der Waals surface area (Å²) in [5.41, 5.74) is 1.31. The minimum atomic E-state index is 0.263. The molecular weight excluding hydrogens is 260 g/mol. The zero-order chi connectivity index (χ0) is 13.7. The maximum atomic E-state index is 8.94. The number of nitrogens with zero attached hydrogens (tertiary/aromatic N) is 2. The number of hydrogen-bond donors (Lipinski definition) is 1. The van der Waals surface area contributed by atoms with Gasteiger partial charge in [0.2, 0.25) is 0 Å². The van der Waals surface area contributed by atoms with Gasteiger partial charge in [0.1, 0.15) is 0 Å². The van der Waals surface area contributed by atoms with Crippen molar-refractivity contribution in [1.82, 2.24) is 9.80 Å². The molecule has 1 aromatic rings. The molecule has 1 fully saturated rings. The fourth-order valence-electron chi connectivity index (χ4n) is 2.64. The summed E-state index contributed by atoms with van der Waals surface area (Å²) in [5.74, 6) is 0.503. The lowest BCUT2D eigenvalue weighted by atomic mass is 10.0. The molecule has 0 aromatic heterocycles. The van der Waals surface area contributed by atoms with Crippen molar-refractivity contribution >= 4 is 11.6 Å². The molecule has 0 bridgehead atoms. The van der Waals surface area contributed by atoms with Gasteiger partial charge >= 0.3 is 0 Å². The van der Waals surface area contributed by atoms with Gasteiger partial charge in [0.25, 0.3) is 0 Å². The molecule has 0 spiro atoms. The molecule has 106 valence electrons. The van der Waals surface area contributed by atoms with E-state index >= 15 is 0 Å². The van der Waals surface area contributed by atoms with Gasteiger partial charge in [-0.2, -0.15) is 0 Å². The largest absolute Gasteiger partial charge is 0.395 e. The van der Waals surface area contributed by atoms with Crippen LogP contribution >= 0.6 is 11.6 Å². The Morgan fingerprint density at radius 1 is 1.21 bits per heavy atom. The van der Waals surface area contributed by atoms with Crippen LogP contribution in [0.15, 0.2) is 24.3 Å². The van der Waals surface area contributed by atoms with Crippen molar-refractivity contribution in [3.63, 3.8) is 0 Å². The highest BCUT2D eigenvalue weighted by Gasteiger charge is 2.18.